The van der Waals surface area contributed by atoms with Gasteiger partial charge in [0.05, 0.1) is 10.0 Å². The predicted molar refractivity (Wildman–Crippen MR) is 94.5 cm³/mol. The number of carbonyl (C=O) groups is 1. The minimum atomic E-state index is -0.791. The monoisotopic (exact) mass is 388 g/mol. The number of benzene rings is 2. The Morgan fingerprint density at radius 1 is 1.25 bits per heavy atom. The molecular weight excluding hydrogens is 375 g/mol. The van der Waals surface area contributed by atoms with E-state index < -0.39 is 11.7 Å². The lowest BCUT2D eigenvalue weighted by molar-refractivity contribution is 0.0996. The second kappa shape index (κ2) is 6.45. The minimum Gasteiger partial charge on any atom is -0.366 e. The number of amides is 1. The number of anilines is 2. The molecular formula is C17H14BrFN4O. The van der Waals surface area contributed by atoms with Crippen LogP contribution in [-0.2, 0) is 7.05 Å². The maximum absolute atomic E-state index is 13.8. The van der Waals surface area contributed by atoms with Crippen molar-refractivity contribution in [3.8, 4) is 11.3 Å². The maximum Gasteiger partial charge on any atom is 0.251 e. The smallest absolute Gasteiger partial charge is 0.251 e. The third-order valence-corrected chi connectivity index (χ3v) is 4.02. The Bertz CT molecular complexity index is 923. The predicted octanol–water partition coefficient (Wildman–Crippen LogP) is 3.83. The first-order valence-electron chi connectivity index (χ1n) is 7.10. The molecule has 3 N–H and O–H groups in total. The summed E-state index contributed by atoms with van der Waals surface area (Å²) in [6.45, 7) is 0. The maximum atomic E-state index is 13.8. The van der Waals surface area contributed by atoms with E-state index in [9.17, 15) is 9.18 Å². The molecule has 1 aromatic heterocycles. The second-order valence-electron chi connectivity index (χ2n) is 5.26. The molecule has 0 saturated carbocycles. The van der Waals surface area contributed by atoms with Crippen LogP contribution in [0.15, 0.2) is 53.1 Å². The number of carbonyl (C=O) groups excluding carboxylic acids is 1. The Labute approximate surface area is 146 Å². The Morgan fingerprint density at radius 2 is 2.00 bits per heavy atom. The van der Waals surface area contributed by atoms with E-state index in [-0.39, 0.29) is 5.56 Å². The lowest BCUT2D eigenvalue weighted by Crippen LogP contribution is -2.13. The van der Waals surface area contributed by atoms with Crippen molar-refractivity contribution in [2.24, 2.45) is 12.8 Å². The van der Waals surface area contributed by atoms with Crippen molar-refractivity contribution in [1.29, 1.82) is 0 Å². The fraction of sp³-hybridized carbons (Fsp3) is 0.0588. The topological polar surface area (TPSA) is 72.9 Å². The number of nitrogens with zero attached hydrogens (tertiary/aromatic N) is 2. The number of aromatic nitrogens is 2. The molecule has 0 aliphatic carbocycles. The third kappa shape index (κ3) is 3.30. The van der Waals surface area contributed by atoms with Crippen LogP contribution in [0.3, 0.4) is 0 Å². The van der Waals surface area contributed by atoms with Crippen LogP contribution in [0.1, 0.15) is 10.4 Å². The molecule has 0 aliphatic rings. The van der Waals surface area contributed by atoms with Gasteiger partial charge < -0.3 is 11.1 Å². The molecule has 3 rings (SSSR count). The standard InChI is InChI=1S/C17H14BrFN4O/c1-23-9-14(18)16(22-23)10-3-2-4-11(7-10)21-12-5-6-13(17(20)24)15(19)8-12/h2-9,21H,1H3,(H2,20,24). The minimum absolute atomic E-state index is 0.133. The zero-order valence-electron chi connectivity index (χ0n) is 12.8. The number of aryl methyl sites for hydroxylation is 1. The summed E-state index contributed by atoms with van der Waals surface area (Å²) in [5.74, 6) is -1.45. The van der Waals surface area contributed by atoms with Crippen LogP contribution in [0.5, 0.6) is 0 Å². The second-order valence-corrected chi connectivity index (χ2v) is 6.12. The summed E-state index contributed by atoms with van der Waals surface area (Å²) in [7, 11) is 1.85. The molecule has 0 unspecified atom stereocenters. The molecule has 0 bridgehead atoms. The number of rotatable bonds is 4. The van der Waals surface area contributed by atoms with Crippen molar-refractivity contribution in [3.63, 3.8) is 0 Å². The first kappa shape index (κ1) is 16.2. The van der Waals surface area contributed by atoms with Crippen LogP contribution in [0, 0.1) is 5.82 Å². The van der Waals surface area contributed by atoms with Crippen molar-refractivity contribution < 1.29 is 9.18 Å². The Morgan fingerprint density at radius 3 is 2.62 bits per heavy atom. The van der Waals surface area contributed by atoms with Crippen LogP contribution >= 0.6 is 15.9 Å². The quantitative estimate of drug-likeness (QED) is 0.713. The molecule has 24 heavy (non-hydrogen) atoms. The lowest BCUT2D eigenvalue weighted by Gasteiger charge is -2.09. The average molecular weight is 389 g/mol. The van der Waals surface area contributed by atoms with Crippen LogP contribution in [0.25, 0.3) is 11.3 Å². The van der Waals surface area contributed by atoms with Gasteiger partial charge in [0.1, 0.15) is 11.5 Å². The van der Waals surface area contributed by atoms with Crippen LogP contribution in [0.4, 0.5) is 15.8 Å². The first-order valence-corrected chi connectivity index (χ1v) is 7.89. The fourth-order valence-electron chi connectivity index (χ4n) is 2.36. The van der Waals surface area contributed by atoms with Gasteiger partial charge in [-0.25, -0.2) is 4.39 Å². The third-order valence-electron chi connectivity index (χ3n) is 3.44. The van der Waals surface area contributed by atoms with Gasteiger partial charge in [0, 0.05) is 30.2 Å². The summed E-state index contributed by atoms with van der Waals surface area (Å²) in [6, 6.07) is 11.8. The molecule has 0 aliphatic heterocycles. The summed E-state index contributed by atoms with van der Waals surface area (Å²) in [4.78, 5) is 11.1. The van der Waals surface area contributed by atoms with Crippen LogP contribution < -0.4 is 11.1 Å². The molecule has 1 amide bonds. The number of primary amides is 1. The van der Waals surface area contributed by atoms with Gasteiger partial charge in [0.15, 0.2) is 0 Å². The Balaban J connectivity index is 1.89. The first-order chi connectivity index (χ1) is 11.4. The van der Waals surface area contributed by atoms with Gasteiger partial charge in [0.25, 0.3) is 5.91 Å². The normalized spacial score (nSPS) is 10.6. The molecule has 0 saturated heterocycles. The van der Waals surface area contributed by atoms with E-state index in [1.807, 2.05) is 37.5 Å². The zero-order chi connectivity index (χ0) is 17.3. The van der Waals surface area contributed by atoms with Gasteiger partial charge in [-0.2, -0.15) is 5.10 Å². The van der Waals surface area contributed by atoms with E-state index in [1.165, 1.54) is 12.1 Å². The highest BCUT2D eigenvalue weighted by atomic mass is 79.9. The highest BCUT2D eigenvalue weighted by molar-refractivity contribution is 9.10. The highest BCUT2D eigenvalue weighted by Crippen LogP contribution is 2.29. The SMILES string of the molecule is Cn1cc(Br)c(-c2cccc(Nc3ccc(C(N)=O)c(F)c3)c2)n1. The van der Waals surface area contributed by atoms with Crippen LogP contribution in [0.2, 0.25) is 0 Å². The fourth-order valence-corrected chi connectivity index (χ4v) is 2.96. The van der Waals surface area contributed by atoms with E-state index in [0.29, 0.717) is 5.69 Å². The summed E-state index contributed by atoms with van der Waals surface area (Å²) in [6.07, 6.45) is 1.87. The van der Waals surface area contributed by atoms with Crippen molar-refractivity contribution in [2.45, 2.75) is 0 Å². The largest absolute Gasteiger partial charge is 0.366 e. The van der Waals surface area contributed by atoms with Crippen LogP contribution in [-0.4, -0.2) is 15.7 Å². The number of hydrogen-bond acceptors (Lipinski definition) is 3. The summed E-state index contributed by atoms with van der Waals surface area (Å²) in [5.41, 5.74) is 8.00. The Hall–Kier alpha value is -2.67. The van der Waals surface area contributed by atoms with Gasteiger partial charge in [-0.3, -0.25) is 9.48 Å². The molecule has 7 heteroatoms. The Kier molecular flexibility index (Phi) is 4.35. The van der Waals surface area contributed by atoms with Crippen molar-refractivity contribution in [3.05, 3.63) is 64.5 Å². The molecule has 122 valence electrons. The molecule has 0 spiro atoms. The van der Waals surface area contributed by atoms with Crippen molar-refractivity contribution >= 4 is 33.2 Å². The molecule has 2 aromatic carbocycles. The van der Waals surface area contributed by atoms with Crippen molar-refractivity contribution in [1.82, 2.24) is 9.78 Å². The van der Waals surface area contributed by atoms with E-state index >= 15 is 0 Å². The van der Waals surface area contributed by atoms with Gasteiger partial charge in [-0.1, -0.05) is 12.1 Å². The zero-order valence-corrected chi connectivity index (χ0v) is 14.3. The number of halogens is 2. The number of nitrogens with one attached hydrogen (secondary N) is 1. The van der Waals surface area contributed by atoms with E-state index in [0.717, 1.165) is 21.4 Å². The summed E-state index contributed by atoms with van der Waals surface area (Å²) < 4.78 is 16.5. The summed E-state index contributed by atoms with van der Waals surface area (Å²) in [5, 5.41) is 7.51. The lowest BCUT2D eigenvalue weighted by atomic mass is 10.1. The van der Waals surface area contributed by atoms with Gasteiger partial charge in [-0.15, -0.1) is 0 Å². The van der Waals surface area contributed by atoms with Crippen molar-refractivity contribution in [2.75, 3.05) is 5.32 Å². The molecule has 3 aromatic rings. The highest BCUT2D eigenvalue weighted by Gasteiger charge is 2.10. The molecule has 0 radical (unpaired) electrons. The van der Waals surface area contributed by atoms with Gasteiger partial charge in [-0.05, 0) is 46.3 Å². The molecule has 0 atom stereocenters. The van der Waals surface area contributed by atoms with E-state index in [1.54, 1.807) is 10.7 Å². The van der Waals surface area contributed by atoms with E-state index in [2.05, 4.69) is 26.3 Å². The molecule has 0 fully saturated rings. The average Bonchev–Trinajstić information content (AvgIpc) is 2.86. The number of nitrogens with two attached hydrogens (primary N) is 1. The number of hydrogen-bond donors (Lipinski definition) is 2. The van der Waals surface area contributed by atoms with Gasteiger partial charge >= 0.3 is 0 Å². The molecule has 5 nitrogen and oxygen atoms in total. The summed E-state index contributed by atoms with van der Waals surface area (Å²) >= 11 is 3.48. The van der Waals surface area contributed by atoms with Gasteiger partial charge in [0.2, 0.25) is 0 Å². The molecule has 1 heterocycles. The van der Waals surface area contributed by atoms with E-state index in [4.69, 9.17) is 5.73 Å².